The van der Waals surface area contributed by atoms with Crippen LogP contribution in [0.5, 0.6) is 0 Å². The molecule has 1 fully saturated rings. The zero-order valence-corrected chi connectivity index (χ0v) is 9.11. The Balaban J connectivity index is 2.08. The predicted molar refractivity (Wildman–Crippen MR) is 55.6 cm³/mol. The van der Waals surface area contributed by atoms with E-state index in [0.717, 1.165) is 26.1 Å². The summed E-state index contributed by atoms with van der Waals surface area (Å²) in [4.78, 5) is 25.3. The number of carboxylic acid groups (broad SMARTS) is 1. The predicted octanol–water partition coefficient (Wildman–Crippen LogP) is 0.0153. The van der Waals surface area contributed by atoms with Crippen molar-refractivity contribution in [3.8, 4) is 0 Å². The van der Waals surface area contributed by atoms with Gasteiger partial charge < -0.3 is 14.9 Å². The number of aliphatic carboxylic acids is 1. The molecule has 1 aliphatic heterocycles. The molecule has 0 aromatic rings. The van der Waals surface area contributed by atoms with E-state index in [2.05, 4.69) is 4.90 Å². The number of carbonyl (C=O) groups is 2. The number of carboxylic acids is 1. The number of nitrogens with zero attached hydrogens (tertiary/aromatic N) is 2. The van der Waals surface area contributed by atoms with E-state index in [0.29, 0.717) is 6.42 Å². The average molecular weight is 214 g/mol. The van der Waals surface area contributed by atoms with E-state index in [1.54, 1.807) is 0 Å². The summed E-state index contributed by atoms with van der Waals surface area (Å²) in [6.07, 6.45) is 2.52. The van der Waals surface area contributed by atoms with Gasteiger partial charge in [0.2, 0.25) is 5.91 Å². The van der Waals surface area contributed by atoms with Crippen molar-refractivity contribution in [2.75, 3.05) is 33.2 Å². The SMILES string of the molecule is CN(CC(=O)O)C(=O)CCCN1CCC1. The average Bonchev–Trinajstić information content (AvgIpc) is 2.07. The van der Waals surface area contributed by atoms with Gasteiger partial charge in [0.15, 0.2) is 0 Å². The van der Waals surface area contributed by atoms with E-state index in [1.807, 2.05) is 0 Å². The number of rotatable bonds is 6. The first kappa shape index (κ1) is 12.0. The fraction of sp³-hybridized carbons (Fsp3) is 0.800. The van der Waals surface area contributed by atoms with Crippen molar-refractivity contribution in [3.63, 3.8) is 0 Å². The smallest absolute Gasteiger partial charge is 0.323 e. The number of hydrogen-bond donors (Lipinski definition) is 1. The molecule has 1 aliphatic rings. The second-order valence-corrected chi connectivity index (χ2v) is 3.94. The summed E-state index contributed by atoms with van der Waals surface area (Å²) in [6.45, 7) is 3.02. The van der Waals surface area contributed by atoms with Crippen molar-refractivity contribution in [2.45, 2.75) is 19.3 Å². The molecule has 0 radical (unpaired) electrons. The number of amides is 1. The highest BCUT2D eigenvalue weighted by Gasteiger charge is 2.15. The van der Waals surface area contributed by atoms with Gasteiger partial charge in [-0.2, -0.15) is 0 Å². The molecule has 1 heterocycles. The Labute approximate surface area is 89.7 Å². The molecule has 5 nitrogen and oxygen atoms in total. The van der Waals surface area contributed by atoms with E-state index >= 15 is 0 Å². The summed E-state index contributed by atoms with van der Waals surface area (Å²) in [5.74, 6) is -1.05. The lowest BCUT2D eigenvalue weighted by atomic mass is 10.2. The maximum atomic E-state index is 11.4. The zero-order chi connectivity index (χ0) is 11.3. The quantitative estimate of drug-likeness (QED) is 0.677. The van der Waals surface area contributed by atoms with Gasteiger partial charge in [0.05, 0.1) is 0 Å². The molecule has 0 bridgehead atoms. The molecule has 1 N–H and O–H groups in total. The third-order valence-electron chi connectivity index (χ3n) is 2.61. The van der Waals surface area contributed by atoms with E-state index in [9.17, 15) is 9.59 Å². The largest absolute Gasteiger partial charge is 0.480 e. The van der Waals surface area contributed by atoms with Crippen LogP contribution in [0.1, 0.15) is 19.3 Å². The van der Waals surface area contributed by atoms with Crippen molar-refractivity contribution in [3.05, 3.63) is 0 Å². The van der Waals surface area contributed by atoms with Gasteiger partial charge in [0.25, 0.3) is 0 Å². The highest BCUT2D eigenvalue weighted by molar-refractivity contribution is 5.80. The Kier molecular flexibility index (Phi) is 4.55. The van der Waals surface area contributed by atoms with Crippen LogP contribution in [0.3, 0.4) is 0 Å². The van der Waals surface area contributed by atoms with E-state index in [-0.39, 0.29) is 12.5 Å². The molecule has 86 valence electrons. The Morgan fingerprint density at radius 1 is 1.40 bits per heavy atom. The normalized spacial score (nSPS) is 15.8. The fourth-order valence-electron chi connectivity index (χ4n) is 1.54. The van der Waals surface area contributed by atoms with Gasteiger partial charge >= 0.3 is 5.97 Å². The Bertz CT molecular complexity index is 239. The van der Waals surface area contributed by atoms with Crippen LogP contribution >= 0.6 is 0 Å². The van der Waals surface area contributed by atoms with Gasteiger partial charge in [-0.1, -0.05) is 0 Å². The lowest BCUT2D eigenvalue weighted by Crippen LogP contribution is -2.38. The van der Waals surface area contributed by atoms with Gasteiger partial charge in [-0.15, -0.1) is 0 Å². The van der Waals surface area contributed by atoms with Crippen molar-refractivity contribution < 1.29 is 14.7 Å². The number of likely N-dealkylation sites (N-methyl/N-ethyl adjacent to an activating group) is 1. The Morgan fingerprint density at radius 3 is 2.53 bits per heavy atom. The van der Waals surface area contributed by atoms with E-state index < -0.39 is 5.97 Å². The monoisotopic (exact) mass is 214 g/mol. The molecule has 0 saturated carbocycles. The van der Waals surface area contributed by atoms with Crippen LogP contribution in [0.25, 0.3) is 0 Å². The number of carbonyl (C=O) groups excluding carboxylic acids is 1. The molecule has 0 unspecified atom stereocenters. The van der Waals surface area contributed by atoms with Gasteiger partial charge in [-0.3, -0.25) is 9.59 Å². The van der Waals surface area contributed by atoms with Crippen molar-refractivity contribution in [1.82, 2.24) is 9.80 Å². The number of likely N-dealkylation sites (tertiary alicyclic amines) is 1. The first-order valence-electron chi connectivity index (χ1n) is 5.27. The number of hydrogen-bond acceptors (Lipinski definition) is 3. The maximum absolute atomic E-state index is 11.4. The molecular weight excluding hydrogens is 196 g/mol. The Hall–Kier alpha value is -1.10. The second kappa shape index (κ2) is 5.70. The minimum absolute atomic E-state index is 0.0853. The standard InChI is InChI=1S/C10H18N2O3/c1-11(8-10(14)15)9(13)4-2-5-12-6-3-7-12/h2-8H2,1H3,(H,14,15). The molecule has 0 aromatic carbocycles. The summed E-state index contributed by atoms with van der Waals surface area (Å²) in [6, 6.07) is 0. The van der Waals surface area contributed by atoms with Crippen LogP contribution in [0.2, 0.25) is 0 Å². The van der Waals surface area contributed by atoms with Crippen LogP contribution in [-0.4, -0.2) is 60.0 Å². The minimum Gasteiger partial charge on any atom is -0.480 e. The van der Waals surface area contributed by atoms with Crippen molar-refractivity contribution in [2.24, 2.45) is 0 Å². The lowest BCUT2D eigenvalue weighted by molar-refractivity contribution is -0.143. The maximum Gasteiger partial charge on any atom is 0.323 e. The van der Waals surface area contributed by atoms with Crippen molar-refractivity contribution in [1.29, 1.82) is 0 Å². The lowest BCUT2D eigenvalue weighted by Gasteiger charge is -2.30. The van der Waals surface area contributed by atoms with Crippen LogP contribution in [-0.2, 0) is 9.59 Å². The van der Waals surface area contributed by atoms with E-state index in [1.165, 1.54) is 18.4 Å². The van der Waals surface area contributed by atoms with Gasteiger partial charge in [-0.05, 0) is 32.5 Å². The first-order chi connectivity index (χ1) is 7.09. The van der Waals surface area contributed by atoms with Crippen molar-refractivity contribution >= 4 is 11.9 Å². The molecule has 0 spiro atoms. The summed E-state index contributed by atoms with van der Waals surface area (Å²) in [5, 5.41) is 8.49. The highest BCUT2D eigenvalue weighted by atomic mass is 16.4. The van der Waals surface area contributed by atoms with Crippen LogP contribution in [0, 0.1) is 0 Å². The van der Waals surface area contributed by atoms with Crippen LogP contribution < -0.4 is 0 Å². The molecule has 0 aliphatic carbocycles. The minimum atomic E-state index is -0.964. The molecule has 0 atom stereocenters. The van der Waals surface area contributed by atoms with Gasteiger partial charge in [0, 0.05) is 13.5 Å². The zero-order valence-electron chi connectivity index (χ0n) is 9.11. The Morgan fingerprint density at radius 2 is 2.07 bits per heavy atom. The summed E-state index contributed by atoms with van der Waals surface area (Å²) < 4.78 is 0. The molecule has 15 heavy (non-hydrogen) atoms. The highest BCUT2D eigenvalue weighted by Crippen LogP contribution is 2.07. The third kappa shape index (κ3) is 4.29. The van der Waals surface area contributed by atoms with Crippen LogP contribution in [0.4, 0.5) is 0 Å². The molecule has 5 heteroatoms. The summed E-state index contributed by atoms with van der Waals surface area (Å²) >= 11 is 0. The first-order valence-corrected chi connectivity index (χ1v) is 5.27. The molecule has 1 saturated heterocycles. The van der Waals surface area contributed by atoms with E-state index in [4.69, 9.17) is 5.11 Å². The molecule has 1 amide bonds. The molecular formula is C10H18N2O3. The van der Waals surface area contributed by atoms with Gasteiger partial charge in [-0.25, -0.2) is 0 Å². The second-order valence-electron chi connectivity index (χ2n) is 3.94. The molecule has 0 aromatic heterocycles. The fourth-order valence-corrected chi connectivity index (χ4v) is 1.54. The summed E-state index contributed by atoms with van der Waals surface area (Å²) in [7, 11) is 1.53. The molecule has 1 rings (SSSR count). The third-order valence-corrected chi connectivity index (χ3v) is 2.61. The van der Waals surface area contributed by atoms with Crippen LogP contribution in [0.15, 0.2) is 0 Å². The topological polar surface area (TPSA) is 60.9 Å². The summed E-state index contributed by atoms with van der Waals surface area (Å²) in [5.41, 5.74) is 0. The van der Waals surface area contributed by atoms with Gasteiger partial charge in [0.1, 0.15) is 6.54 Å².